The van der Waals surface area contributed by atoms with E-state index in [4.69, 9.17) is 10.2 Å². The van der Waals surface area contributed by atoms with E-state index < -0.39 is 54.5 Å². The van der Waals surface area contributed by atoms with Crippen molar-refractivity contribution in [3.63, 3.8) is 0 Å². The van der Waals surface area contributed by atoms with E-state index >= 15 is 0 Å². The maximum Gasteiger partial charge on any atom is 0.307 e. The minimum absolute atomic E-state index is 0.237. The molecule has 8 nitrogen and oxygen atoms in total. The summed E-state index contributed by atoms with van der Waals surface area (Å²) in [5.41, 5.74) is 0. The summed E-state index contributed by atoms with van der Waals surface area (Å²) in [7, 11) is 0. The van der Waals surface area contributed by atoms with Crippen molar-refractivity contribution in [1.29, 1.82) is 0 Å². The van der Waals surface area contributed by atoms with Gasteiger partial charge in [-0.15, -0.1) is 0 Å². The molecule has 0 heterocycles. The van der Waals surface area contributed by atoms with Crippen LogP contribution in [0.25, 0.3) is 0 Å². The van der Waals surface area contributed by atoms with Gasteiger partial charge in [0.1, 0.15) is 0 Å². The van der Waals surface area contributed by atoms with E-state index in [1.807, 2.05) is 0 Å². The third-order valence-corrected chi connectivity index (χ3v) is 4.66. The van der Waals surface area contributed by atoms with Crippen molar-refractivity contribution in [2.24, 2.45) is 17.8 Å². The molecule has 0 amide bonds. The van der Waals surface area contributed by atoms with Crippen LogP contribution in [-0.2, 0) is 19.2 Å². The predicted octanol–water partition coefficient (Wildman–Crippen LogP) is 3.65. The Balaban J connectivity index is 5.07. The van der Waals surface area contributed by atoms with Gasteiger partial charge in [-0.1, -0.05) is 51.2 Å². The van der Waals surface area contributed by atoms with Crippen molar-refractivity contribution >= 4 is 23.9 Å². The van der Waals surface area contributed by atoms with E-state index in [0.29, 0.717) is 6.42 Å². The maximum atomic E-state index is 11.5. The zero-order chi connectivity index (χ0) is 21.5. The summed E-state index contributed by atoms with van der Waals surface area (Å²) in [4.78, 5) is 44.8. The summed E-state index contributed by atoms with van der Waals surface area (Å²) in [5.74, 6) is -8.73. The molecule has 3 unspecified atom stereocenters. The van der Waals surface area contributed by atoms with Gasteiger partial charge in [0.05, 0.1) is 24.7 Å². The fourth-order valence-electron chi connectivity index (χ4n) is 3.11. The second-order valence-corrected chi connectivity index (χ2v) is 7.06. The molecule has 4 N–H and O–H groups in total. The van der Waals surface area contributed by atoms with E-state index in [9.17, 15) is 29.4 Å². The van der Waals surface area contributed by atoms with Crippen molar-refractivity contribution in [3.8, 4) is 0 Å². The molecule has 0 spiro atoms. The number of allylic oxidation sites excluding steroid dienone is 2. The fraction of sp³-hybridized carbons (Fsp3) is 0.700. The first kappa shape index (κ1) is 25.6. The first-order valence-corrected chi connectivity index (χ1v) is 9.74. The van der Waals surface area contributed by atoms with Crippen LogP contribution in [-0.4, -0.2) is 44.3 Å². The summed E-state index contributed by atoms with van der Waals surface area (Å²) in [6.07, 6.45) is 9.00. The molecule has 0 saturated heterocycles. The standard InChI is InChI=1S/C20H32O8/c1-2-3-4-5-6-7-8-9-10-14(16(20(27)28)13-18(23)24)11-15(19(25)26)12-17(21)22/h9-10,14-16H,2-8,11-13H2,1H3,(H,21,22)(H,23,24)(H,25,26)(H,27,28)/b10-9+. The van der Waals surface area contributed by atoms with Crippen molar-refractivity contribution in [3.05, 3.63) is 12.2 Å². The Bertz CT molecular complexity index is 540. The molecule has 0 saturated carbocycles. The van der Waals surface area contributed by atoms with Crippen molar-refractivity contribution in [2.75, 3.05) is 0 Å². The van der Waals surface area contributed by atoms with Gasteiger partial charge < -0.3 is 20.4 Å². The average molecular weight is 400 g/mol. The van der Waals surface area contributed by atoms with E-state index in [1.165, 1.54) is 6.42 Å². The molecule has 0 rings (SSSR count). The van der Waals surface area contributed by atoms with E-state index in [2.05, 4.69) is 6.92 Å². The summed E-state index contributed by atoms with van der Waals surface area (Å²) < 4.78 is 0. The third-order valence-electron chi connectivity index (χ3n) is 4.66. The largest absolute Gasteiger partial charge is 0.481 e. The molecule has 0 aromatic rings. The van der Waals surface area contributed by atoms with Gasteiger partial charge in [0.2, 0.25) is 0 Å². The molecule has 0 aliphatic carbocycles. The average Bonchev–Trinajstić information content (AvgIpc) is 2.59. The number of aliphatic carboxylic acids is 4. The number of unbranched alkanes of at least 4 members (excludes halogenated alkanes) is 6. The Morgan fingerprint density at radius 2 is 1.36 bits per heavy atom. The van der Waals surface area contributed by atoms with Crippen LogP contribution in [0.5, 0.6) is 0 Å². The van der Waals surface area contributed by atoms with Gasteiger partial charge in [0, 0.05) is 0 Å². The molecule has 0 radical (unpaired) electrons. The van der Waals surface area contributed by atoms with Crippen LogP contribution in [0, 0.1) is 17.8 Å². The highest BCUT2D eigenvalue weighted by atomic mass is 16.4. The highest BCUT2D eigenvalue weighted by Gasteiger charge is 2.33. The van der Waals surface area contributed by atoms with Crippen LogP contribution >= 0.6 is 0 Å². The van der Waals surface area contributed by atoms with Crippen LogP contribution in [0.4, 0.5) is 0 Å². The molecule has 0 aromatic carbocycles. The van der Waals surface area contributed by atoms with Crippen molar-refractivity contribution < 1.29 is 39.6 Å². The Hall–Kier alpha value is -2.38. The Labute approximate surface area is 165 Å². The van der Waals surface area contributed by atoms with Crippen LogP contribution in [0.3, 0.4) is 0 Å². The minimum atomic E-state index is -1.34. The first-order valence-electron chi connectivity index (χ1n) is 9.74. The SMILES string of the molecule is CCCCCCCC/C=C/C(CC(CC(=O)O)C(=O)O)C(CC(=O)O)C(=O)O. The number of hydrogen-bond acceptors (Lipinski definition) is 4. The Morgan fingerprint density at radius 3 is 1.86 bits per heavy atom. The molecule has 160 valence electrons. The second kappa shape index (κ2) is 14.6. The number of hydrogen-bond donors (Lipinski definition) is 4. The monoisotopic (exact) mass is 400 g/mol. The highest BCUT2D eigenvalue weighted by Crippen LogP contribution is 2.28. The summed E-state index contributed by atoms with van der Waals surface area (Å²) >= 11 is 0. The van der Waals surface area contributed by atoms with Gasteiger partial charge in [-0.25, -0.2) is 0 Å². The number of carbonyl (C=O) groups is 4. The quantitative estimate of drug-likeness (QED) is 0.213. The molecule has 0 aromatic heterocycles. The zero-order valence-corrected chi connectivity index (χ0v) is 16.4. The van der Waals surface area contributed by atoms with Gasteiger partial charge in [0.25, 0.3) is 0 Å². The number of carboxylic acids is 4. The topological polar surface area (TPSA) is 149 Å². The van der Waals surface area contributed by atoms with Crippen LogP contribution < -0.4 is 0 Å². The van der Waals surface area contributed by atoms with E-state index in [0.717, 1.165) is 32.1 Å². The highest BCUT2D eigenvalue weighted by molar-refractivity contribution is 5.79. The second-order valence-electron chi connectivity index (χ2n) is 7.06. The maximum absolute atomic E-state index is 11.5. The van der Waals surface area contributed by atoms with Gasteiger partial charge in [-0.3, -0.25) is 19.2 Å². The lowest BCUT2D eigenvalue weighted by Gasteiger charge is -2.22. The van der Waals surface area contributed by atoms with Crippen molar-refractivity contribution in [1.82, 2.24) is 0 Å². The van der Waals surface area contributed by atoms with E-state index in [1.54, 1.807) is 12.2 Å². The lowest BCUT2D eigenvalue weighted by atomic mass is 9.81. The zero-order valence-electron chi connectivity index (χ0n) is 16.4. The van der Waals surface area contributed by atoms with Gasteiger partial charge in [0.15, 0.2) is 0 Å². The summed E-state index contributed by atoms with van der Waals surface area (Å²) in [6, 6.07) is 0. The van der Waals surface area contributed by atoms with Gasteiger partial charge >= 0.3 is 23.9 Å². The Morgan fingerprint density at radius 1 is 0.786 bits per heavy atom. The summed E-state index contributed by atoms with van der Waals surface area (Å²) in [6.45, 7) is 2.13. The van der Waals surface area contributed by atoms with Crippen LogP contribution in [0.15, 0.2) is 12.2 Å². The molecule has 0 fully saturated rings. The Kier molecular flexibility index (Phi) is 13.4. The first-order chi connectivity index (χ1) is 13.2. The van der Waals surface area contributed by atoms with Gasteiger partial charge in [-0.05, 0) is 25.2 Å². The van der Waals surface area contributed by atoms with E-state index in [-0.39, 0.29) is 6.42 Å². The lowest BCUT2D eigenvalue weighted by molar-refractivity contribution is -0.152. The molecule has 8 heteroatoms. The molecule has 0 aliphatic heterocycles. The fourth-order valence-corrected chi connectivity index (χ4v) is 3.11. The van der Waals surface area contributed by atoms with Crippen LogP contribution in [0.2, 0.25) is 0 Å². The molecule has 28 heavy (non-hydrogen) atoms. The van der Waals surface area contributed by atoms with Crippen LogP contribution in [0.1, 0.15) is 71.1 Å². The third kappa shape index (κ3) is 12.1. The molecular weight excluding hydrogens is 368 g/mol. The summed E-state index contributed by atoms with van der Waals surface area (Å²) in [5, 5.41) is 36.5. The number of rotatable bonds is 17. The minimum Gasteiger partial charge on any atom is -0.481 e. The van der Waals surface area contributed by atoms with Gasteiger partial charge in [-0.2, -0.15) is 0 Å². The molecule has 0 aliphatic rings. The molecular formula is C20H32O8. The molecule has 0 bridgehead atoms. The predicted molar refractivity (Wildman–Crippen MR) is 102 cm³/mol. The lowest BCUT2D eigenvalue weighted by Crippen LogP contribution is -2.29. The smallest absolute Gasteiger partial charge is 0.307 e. The van der Waals surface area contributed by atoms with Crippen molar-refractivity contribution in [2.45, 2.75) is 71.1 Å². The molecule has 3 atom stereocenters. The normalized spacial score (nSPS) is 14.5. The number of carboxylic acid groups (broad SMARTS) is 4.